The average Bonchev–Trinajstić information content (AvgIpc) is 2.02. The molecular formula is C11H19N3. The summed E-state index contributed by atoms with van der Waals surface area (Å²) < 4.78 is 0. The van der Waals surface area contributed by atoms with E-state index in [2.05, 4.69) is 51.4 Å². The van der Waals surface area contributed by atoms with Crippen LogP contribution in [0.3, 0.4) is 0 Å². The first kappa shape index (κ1) is 11.0. The van der Waals surface area contributed by atoms with Crippen molar-refractivity contribution in [3.8, 4) is 0 Å². The Labute approximate surface area is 86.2 Å². The number of hydrogen-bond donors (Lipinski definition) is 0. The Balaban J connectivity index is 2.97. The molecule has 1 aliphatic rings. The zero-order valence-corrected chi connectivity index (χ0v) is 9.70. The highest BCUT2D eigenvalue weighted by Crippen LogP contribution is 2.31. The van der Waals surface area contributed by atoms with Crippen molar-refractivity contribution in [2.24, 2.45) is 15.6 Å². The average molecular weight is 193 g/mol. The molecule has 78 valence electrons. The maximum Gasteiger partial charge on any atom is 0.148 e. The van der Waals surface area contributed by atoms with Crippen molar-refractivity contribution in [2.75, 3.05) is 0 Å². The van der Waals surface area contributed by atoms with Gasteiger partial charge in [-0.2, -0.15) is 5.11 Å². The number of hydrogen-bond acceptors (Lipinski definition) is 3. The predicted octanol–water partition coefficient (Wildman–Crippen LogP) is 3.52. The van der Waals surface area contributed by atoms with Gasteiger partial charge in [0.15, 0.2) is 0 Å². The Kier molecular flexibility index (Phi) is 2.79. The third-order valence-electron chi connectivity index (χ3n) is 2.16. The summed E-state index contributed by atoms with van der Waals surface area (Å²) in [5, 5.41) is 8.23. The first-order valence-electron chi connectivity index (χ1n) is 4.93. The molecular weight excluding hydrogens is 174 g/mol. The quantitative estimate of drug-likeness (QED) is 0.626. The molecule has 1 aliphatic heterocycles. The second-order valence-corrected chi connectivity index (χ2v) is 4.88. The van der Waals surface area contributed by atoms with Gasteiger partial charge >= 0.3 is 0 Å². The second kappa shape index (κ2) is 3.56. The fourth-order valence-electron chi connectivity index (χ4n) is 1.19. The molecule has 0 bridgehead atoms. The Morgan fingerprint density at radius 2 is 1.86 bits per heavy atom. The highest BCUT2D eigenvalue weighted by atomic mass is 15.3. The largest absolute Gasteiger partial charge is 0.328 e. The van der Waals surface area contributed by atoms with E-state index in [1.165, 1.54) is 0 Å². The molecule has 0 N–H and O–H groups in total. The molecule has 0 saturated heterocycles. The van der Waals surface area contributed by atoms with Crippen LogP contribution < -0.4 is 0 Å². The molecule has 0 atom stereocenters. The van der Waals surface area contributed by atoms with E-state index in [9.17, 15) is 0 Å². The van der Waals surface area contributed by atoms with Gasteiger partial charge in [0, 0.05) is 17.7 Å². The zero-order valence-electron chi connectivity index (χ0n) is 9.70. The molecule has 0 radical (unpaired) electrons. The van der Waals surface area contributed by atoms with E-state index in [1.54, 1.807) is 0 Å². The molecule has 0 amide bonds. The highest BCUT2D eigenvalue weighted by Gasteiger charge is 2.23. The summed E-state index contributed by atoms with van der Waals surface area (Å²) in [5.74, 6) is 0.716. The smallest absolute Gasteiger partial charge is 0.148 e. The van der Waals surface area contributed by atoms with Crippen LogP contribution in [0.4, 0.5) is 0 Å². The van der Waals surface area contributed by atoms with Crippen molar-refractivity contribution in [3.63, 3.8) is 0 Å². The molecule has 3 heteroatoms. The Morgan fingerprint density at radius 3 is 2.29 bits per heavy atom. The summed E-state index contributed by atoms with van der Waals surface area (Å²) >= 11 is 0. The van der Waals surface area contributed by atoms with Crippen molar-refractivity contribution >= 4 is 0 Å². The number of rotatable bonds is 1. The SMILES string of the molecule is C=C1N=NC(C(C)(C)C)=CN1C(C)C. The van der Waals surface area contributed by atoms with Crippen molar-refractivity contribution < 1.29 is 0 Å². The standard InChI is InChI=1S/C11H19N3/c1-8(2)14-7-10(11(4,5)6)13-12-9(14)3/h7-8H,3H2,1-2,4-6H3. The summed E-state index contributed by atoms with van der Waals surface area (Å²) in [4.78, 5) is 2.05. The zero-order chi connectivity index (χ0) is 10.9. The van der Waals surface area contributed by atoms with Crippen LogP contribution in [0.15, 0.2) is 34.5 Å². The lowest BCUT2D eigenvalue weighted by molar-refractivity contribution is 0.347. The summed E-state index contributed by atoms with van der Waals surface area (Å²) in [6.45, 7) is 14.5. The van der Waals surface area contributed by atoms with Crippen molar-refractivity contribution in [1.29, 1.82) is 0 Å². The molecule has 0 saturated carbocycles. The first-order chi connectivity index (χ1) is 6.32. The predicted molar refractivity (Wildman–Crippen MR) is 58.5 cm³/mol. The fraction of sp³-hybridized carbons (Fsp3) is 0.636. The molecule has 0 aliphatic carbocycles. The Bertz CT molecular complexity index is 292. The number of allylic oxidation sites excluding steroid dienone is 1. The minimum Gasteiger partial charge on any atom is -0.328 e. The van der Waals surface area contributed by atoms with Gasteiger partial charge in [-0.05, 0) is 13.8 Å². The molecule has 0 aromatic carbocycles. The van der Waals surface area contributed by atoms with Crippen LogP contribution in [-0.4, -0.2) is 10.9 Å². The maximum absolute atomic E-state index is 4.16. The van der Waals surface area contributed by atoms with Crippen molar-refractivity contribution in [3.05, 3.63) is 24.3 Å². The second-order valence-electron chi connectivity index (χ2n) is 4.88. The molecule has 1 heterocycles. The lowest BCUT2D eigenvalue weighted by Crippen LogP contribution is -2.27. The molecule has 0 aromatic heterocycles. The molecule has 14 heavy (non-hydrogen) atoms. The van der Waals surface area contributed by atoms with Crippen molar-refractivity contribution in [1.82, 2.24) is 4.90 Å². The third-order valence-corrected chi connectivity index (χ3v) is 2.16. The van der Waals surface area contributed by atoms with E-state index in [4.69, 9.17) is 0 Å². The molecule has 0 spiro atoms. The van der Waals surface area contributed by atoms with E-state index < -0.39 is 0 Å². The van der Waals surface area contributed by atoms with Gasteiger partial charge < -0.3 is 4.90 Å². The molecule has 3 nitrogen and oxygen atoms in total. The van der Waals surface area contributed by atoms with Gasteiger partial charge in [-0.15, -0.1) is 5.11 Å². The summed E-state index contributed by atoms with van der Waals surface area (Å²) in [6.07, 6.45) is 2.04. The minimum atomic E-state index is 0.0390. The normalized spacial score (nSPS) is 17.7. The van der Waals surface area contributed by atoms with Crippen LogP contribution in [0.1, 0.15) is 34.6 Å². The lowest BCUT2D eigenvalue weighted by Gasteiger charge is -2.30. The lowest BCUT2D eigenvalue weighted by atomic mass is 9.92. The van der Waals surface area contributed by atoms with Gasteiger partial charge in [0.25, 0.3) is 0 Å². The van der Waals surface area contributed by atoms with Gasteiger partial charge in [0.1, 0.15) is 5.82 Å². The van der Waals surface area contributed by atoms with E-state index in [-0.39, 0.29) is 5.41 Å². The van der Waals surface area contributed by atoms with Crippen LogP contribution >= 0.6 is 0 Å². The van der Waals surface area contributed by atoms with Crippen LogP contribution in [0.5, 0.6) is 0 Å². The molecule has 0 aromatic rings. The van der Waals surface area contributed by atoms with Gasteiger partial charge in [0.2, 0.25) is 0 Å². The van der Waals surface area contributed by atoms with Crippen LogP contribution in [0.25, 0.3) is 0 Å². The highest BCUT2D eigenvalue weighted by molar-refractivity contribution is 5.15. The number of azo groups is 1. The summed E-state index contributed by atoms with van der Waals surface area (Å²) in [7, 11) is 0. The van der Waals surface area contributed by atoms with Crippen LogP contribution in [0, 0.1) is 5.41 Å². The van der Waals surface area contributed by atoms with Gasteiger partial charge in [-0.25, -0.2) is 0 Å². The van der Waals surface area contributed by atoms with E-state index in [0.29, 0.717) is 11.9 Å². The van der Waals surface area contributed by atoms with Gasteiger partial charge in [-0.1, -0.05) is 27.4 Å². The number of nitrogens with zero attached hydrogens (tertiary/aromatic N) is 3. The van der Waals surface area contributed by atoms with E-state index >= 15 is 0 Å². The topological polar surface area (TPSA) is 28.0 Å². The van der Waals surface area contributed by atoms with E-state index in [0.717, 1.165) is 5.70 Å². The van der Waals surface area contributed by atoms with Gasteiger partial charge in [0.05, 0.1) is 5.70 Å². The molecule has 0 fully saturated rings. The summed E-state index contributed by atoms with van der Waals surface area (Å²) in [6, 6.07) is 0.374. The fourth-order valence-corrected chi connectivity index (χ4v) is 1.19. The first-order valence-corrected chi connectivity index (χ1v) is 4.93. The maximum atomic E-state index is 4.16. The van der Waals surface area contributed by atoms with Crippen molar-refractivity contribution in [2.45, 2.75) is 40.7 Å². The Hall–Kier alpha value is -1.12. The third kappa shape index (κ3) is 2.22. The monoisotopic (exact) mass is 193 g/mol. The van der Waals surface area contributed by atoms with Gasteiger partial charge in [-0.3, -0.25) is 0 Å². The van der Waals surface area contributed by atoms with E-state index in [1.807, 2.05) is 11.1 Å². The van der Waals surface area contributed by atoms with Crippen LogP contribution in [0.2, 0.25) is 0 Å². The van der Waals surface area contributed by atoms with Crippen LogP contribution in [-0.2, 0) is 0 Å². The summed E-state index contributed by atoms with van der Waals surface area (Å²) in [5.41, 5.74) is 1.04. The minimum absolute atomic E-state index is 0.0390. The molecule has 1 rings (SSSR count). The Morgan fingerprint density at radius 1 is 1.29 bits per heavy atom. The molecule has 0 unspecified atom stereocenters.